The molecule has 17 heavy (non-hydrogen) atoms. The molecule has 0 aliphatic carbocycles. The minimum atomic E-state index is 0.295. The Kier molecular flexibility index (Phi) is 2.11. The van der Waals surface area contributed by atoms with Crippen molar-refractivity contribution < 1.29 is 5.11 Å². The normalized spacial score (nSPS) is 10.9. The molecule has 0 aliphatic heterocycles. The van der Waals surface area contributed by atoms with Gasteiger partial charge in [-0.1, -0.05) is 18.2 Å². The summed E-state index contributed by atoms with van der Waals surface area (Å²) in [5, 5.41) is 11.5. The molecule has 0 fully saturated rings. The maximum Gasteiger partial charge on any atom is 0.116 e. The molecule has 0 unspecified atom stereocenters. The Bertz CT molecular complexity index is 686. The Morgan fingerprint density at radius 3 is 2.59 bits per heavy atom. The summed E-state index contributed by atoms with van der Waals surface area (Å²) in [7, 11) is 1.95. The Hall–Kier alpha value is -2.29. The zero-order valence-corrected chi connectivity index (χ0v) is 9.46. The molecule has 0 saturated heterocycles. The fourth-order valence-electron chi connectivity index (χ4n) is 1.95. The Balaban J connectivity index is 2.16. The van der Waals surface area contributed by atoms with Crippen molar-refractivity contribution in [3.63, 3.8) is 0 Å². The van der Waals surface area contributed by atoms with Crippen LogP contribution in [-0.4, -0.2) is 14.7 Å². The van der Waals surface area contributed by atoms with Crippen molar-refractivity contribution in [1.82, 2.24) is 9.55 Å². The first-order chi connectivity index (χ1) is 8.22. The van der Waals surface area contributed by atoms with Crippen LogP contribution in [0.5, 0.6) is 5.75 Å². The van der Waals surface area contributed by atoms with E-state index >= 15 is 0 Å². The molecular weight excluding hydrogens is 212 g/mol. The van der Waals surface area contributed by atoms with E-state index in [0.717, 1.165) is 22.0 Å². The predicted molar refractivity (Wildman–Crippen MR) is 67.8 cm³/mol. The van der Waals surface area contributed by atoms with Crippen molar-refractivity contribution in [3.8, 4) is 17.0 Å². The number of imidazole rings is 1. The third kappa shape index (κ3) is 1.76. The zero-order chi connectivity index (χ0) is 11.8. The summed E-state index contributed by atoms with van der Waals surface area (Å²) < 4.78 is 1.93. The zero-order valence-electron chi connectivity index (χ0n) is 9.46. The fraction of sp³-hybridized carbons (Fsp3) is 0.0714. The lowest BCUT2D eigenvalue weighted by Crippen LogP contribution is -1.80. The second-order valence-electron chi connectivity index (χ2n) is 4.17. The van der Waals surface area contributed by atoms with Gasteiger partial charge in [-0.15, -0.1) is 0 Å². The number of nitrogens with zero attached hydrogens (tertiary/aromatic N) is 2. The number of phenols is 1. The van der Waals surface area contributed by atoms with Crippen LogP contribution < -0.4 is 0 Å². The smallest absolute Gasteiger partial charge is 0.116 e. The van der Waals surface area contributed by atoms with Gasteiger partial charge in [0.05, 0.1) is 12.0 Å². The molecule has 1 heterocycles. The Labute approximate surface area is 99.0 Å². The van der Waals surface area contributed by atoms with E-state index in [2.05, 4.69) is 11.1 Å². The van der Waals surface area contributed by atoms with Crippen LogP contribution in [0.3, 0.4) is 0 Å². The van der Waals surface area contributed by atoms with Crippen molar-refractivity contribution >= 4 is 10.8 Å². The molecule has 2 aromatic carbocycles. The first kappa shape index (κ1) is 9.90. The lowest BCUT2D eigenvalue weighted by molar-refractivity contribution is 0.476. The van der Waals surface area contributed by atoms with Crippen molar-refractivity contribution in [3.05, 3.63) is 48.9 Å². The van der Waals surface area contributed by atoms with Gasteiger partial charge in [-0.3, -0.25) is 0 Å². The average molecular weight is 224 g/mol. The van der Waals surface area contributed by atoms with Gasteiger partial charge in [0.2, 0.25) is 0 Å². The van der Waals surface area contributed by atoms with Crippen LogP contribution in [0.2, 0.25) is 0 Å². The number of phenolic OH excluding ortho intramolecular Hbond substituents is 1. The predicted octanol–water partition coefficient (Wildman–Crippen LogP) is 2.95. The average Bonchev–Trinajstić information content (AvgIpc) is 2.75. The number of rotatable bonds is 1. The number of hydrogen-bond donors (Lipinski definition) is 1. The van der Waals surface area contributed by atoms with Crippen LogP contribution in [0.1, 0.15) is 0 Å². The van der Waals surface area contributed by atoms with Gasteiger partial charge in [0.25, 0.3) is 0 Å². The number of aryl methyl sites for hydroxylation is 1. The summed E-state index contributed by atoms with van der Waals surface area (Å²) in [6, 6.07) is 11.5. The molecule has 0 spiro atoms. The largest absolute Gasteiger partial charge is 0.508 e. The highest BCUT2D eigenvalue weighted by Gasteiger charge is 2.02. The summed E-state index contributed by atoms with van der Waals surface area (Å²) in [6.07, 6.45) is 3.78. The van der Waals surface area contributed by atoms with Crippen molar-refractivity contribution in [1.29, 1.82) is 0 Å². The summed E-state index contributed by atoms with van der Waals surface area (Å²) in [5.41, 5.74) is 2.05. The van der Waals surface area contributed by atoms with E-state index < -0.39 is 0 Å². The first-order valence-electron chi connectivity index (χ1n) is 5.43. The number of aromatic hydroxyl groups is 1. The van der Waals surface area contributed by atoms with Gasteiger partial charge in [0.15, 0.2) is 0 Å². The van der Waals surface area contributed by atoms with Gasteiger partial charge in [-0.2, -0.15) is 0 Å². The van der Waals surface area contributed by atoms with E-state index in [1.54, 1.807) is 18.5 Å². The van der Waals surface area contributed by atoms with Crippen molar-refractivity contribution in [2.75, 3.05) is 0 Å². The molecular formula is C14H12N2O. The lowest BCUT2D eigenvalue weighted by Gasteiger charge is -2.01. The maximum absolute atomic E-state index is 9.40. The molecule has 0 aliphatic rings. The number of benzene rings is 2. The molecule has 1 aromatic heterocycles. The van der Waals surface area contributed by atoms with E-state index in [4.69, 9.17) is 0 Å². The van der Waals surface area contributed by atoms with E-state index in [-0.39, 0.29) is 0 Å². The van der Waals surface area contributed by atoms with E-state index in [1.807, 2.05) is 36.0 Å². The lowest BCUT2D eigenvalue weighted by atomic mass is 10.1. The standard InChI is InChI=1S/C14H12N2O/c1-16-8-14(15-9-16)12-3-2-11-7-13(17)5-4-10(11)6-12/h2-9,17H,1H3. The van der Waals surface area contributed by atoms with Gasteiger partial charge in [0, 0.05) is 18.8 Å². The van der Waals surface area contributed by atoms with Gasteiger partial charge >= 0.3 is 0 Å². The quantitative estimate of drug-likeness (QED) is 0.690. The van der Waals surface area contributed by atoms with Crippen LogP contribution in [0.25, 0.3) is 22.0 Å². The molecule has 3 rings (SSSR count). The van der Waals surface area contributed by atoms with Gasteiger partial charge in [-0.05, 0) is 29.0 Å². The monoisotopic (exact) mass is 224 g/mol. The highest BCUT2D eigenvalue weighted by Crippen LogP contribution is 2.25. The number of fused-ring (bicyclic) bond motifs is 1. The topological polar surface area (TPSA) is 38.0 Å². The molecule has 0 amide bonds. The molecule has 0 saturated carbocycles. The summed E-state index contributed by atoms with van der Waals surface area (Å²) in [6.45, 7) is 0. The molecule has 3 nitrogen and oxygen atoms in total. The van der Waals surface area contributed by atoms with Crippen LogP contribution in [-0.2, 0) is 7.05 Å². The number of aromatic nitrogens is 2. The third-order valence-corrected chi connectivity index (χ3v) is 2.82. The van der Waals surface area contributed by atoms with Crippen LogP contribution >= 0.6 is 0 Å². The van der Waals surface area contributed by atoms with Crippen LogP contribution in [0.15, 0.2) is 48.9 Å². The summed E-state index contributed by atoms with van der Waals surface area (Å²) in [5.74, 6) is 0.295. The maximum atomic E-state index is 9.40. The van der Waals surface area contributed by atoms with Crippen molar-refractivity contribution in [2.24, 2.45) is 7.05 Å². The minimum absolute atomic E-state index is 0.295. The summed E-state index contributed by atoms with van der Waals surface area (Å²) in [4.78, 5) is 4.32. The van der Waals surface area contributed by atoms with E-state index in [0.29, 0.717) is 5.75 Å². The van der Waals surface area contributed by atoms with Crippen LogP contribution in [0, 0.1) is 0 Å². The molecule has 3 heteroatoms. The molecule has 1 N–H and O–H groups in total. The second-order valence-corrected chi connectivity index (χ2v) is 4.17. The molecule has 0 bridgehead atoms. The first-order valence-corrected chi connectivity index (χ1v) is 5.43. The van der Waals surface area contributed by atoms with Crippen molar-refractivity contribution in [2.45, 2.75) is 0 Å². The van der Waals surface area contributed by atoms with Crippen LogP contribution in [0.4, 0.5) is 0 Å². The molecule has 84 valence electrons. The third-order valence-electron chi connectivity index (χ3n) is 2.82. The Morgan fingerprint density at radius 2 is 1.82 bits per heavy atom. The van der Waals surface area contributed by atoms with Gasteiger partial charge in [-0.25, -0.2) is 4.98 Å². The molecule has 3 aromatic rings. The minimum Gasteiger partial charge on any atom is -0.508 e. The highest BCUT2D eigenvalue weighted by atomic mass is 16.3. The Morgan fingerprint density at radius 1 is 1.06 bits per heavy atom. The SMILES string of the molecule is Cn1cnc(-c2ccc3cc(O)ccc3c2)c1. The van der Waals surface area contributed by atoms with Gasteiger partial charge in [0.1, 0.15) is 5.75 Å². The van der Waals surface area contributed by atoms with E-state index in [9.17, 15) is 5.11 Å². The van der Waals surface area contributed by atoms with Gasteiger partial charge < -0.3 is 9.67 Å². The fourth-order valence-corrected chi connectivity index (χ4v) is 1.95. The second kappa shape index (κ2) is 3.63. The highest BCUT2D eigenvalue weighted by molar-refractivity contribution is 5.87. The van der Waals surface area contributed by atoms with E-state index in [1.165, 1.54) is 0 Å². The molecule has 0 radical (unpaired) electrons. The molecule has 0 atom stereocenters. The number of hydrogen-bond acceptors (Lipinski definition) is 2. The summed E-state index contributed by atoms with van der Waals surface area (Å²) >= 11 is 0.